The molecule has 1 atom stereocenters. The van der Waals surface area contributed by atoms with Gasteiger partial charge in [-0.15, -0.1) is 0 Å². The normalized spacial score (nSPS) is 12.8. The number of benzene rings is 1. The maximum Gasteiger partial charge on any atom is 0.226 e. The van der Waals surface area contributed by atoms with E-state index in [9.17, 15) is 0 Å². The zero-order chi connectivity index (χ0) is 19.3. The summed E-state index contributed by atoms with van der Waals surface area (Å²) in [7, 11) is 0. The Morgan fingerprint density at radius 3 is 2.78 bits per heavy atom. The third kappa shape index (κ3) is 8.68. The average Bonchev–Trinajstić information content (AvgIpc) is 3.09. The van der Waals surface area contributed by atoms with Crippen LogP contribution in [0.4, 0.5) is 0 Å². The molecule has 27 heavy (non-hydrogen) atoms. The lowest BCUT2D eigenvalue weighted by Crippen LogP contribution is -2.38. The van der Waals surface area contributed by atoms with Crippen LogP contribution in [0.2, 0.25) is 0 Å². The van der Waals surface area contributed by atoms with E-state index >= 15 is 0 Å². The minimum Gasteiger partial charge on any atom is -0.376 e. The van der Waals surface area contributed by atoms with Gasteiger partial charge in [0, 0.05) is 26.1 Å². The number of rotatable bonds is 11. The van der Waals surface area contributed by atoms with Crippen LogP contribution in [-0.2, 0) is 17.8 Å². The highest BCUT2D eigenvalue weighted by atomic mass is 16.5. The zero-order valence-electron chi connectivity index (χ0n) is 16.6. The molecule has 0 saturated heterocycles. The van der Waals surface area contributed by atoms with Crippen molar-refractivity contribution < 1.29 is 9.26 Å². The highest BCUT2D eigenvalue weighted by molar-refractivity contribution is 5.79. The molecule has 0 bridgehead atoms. The number of aromatic nitrogens is 2. The van der Waals surface area contributed by atoms with Gasteiger partial charge in [0.25, 0.3) is 0 Å². The van der Waals surface area contributed by atoms with Crippen LogP contribution in [-0.4, -0.2) is 42.3 Å². The molecular weight excluding hydrogens is 342 g/mol. The molecule has 0 saturated carbocycles. The molecule has 148 valence electrons. The maximum atomic E-state index is 5.79. The molecule has 0 amide bonds. The third-order valence-corrected chi connectivity index (χ3v) is 3.85. The summed E-state index contributed by atoms with van der Waals surface area (Å²) in [4.78, 5) is 8.86. The summed E-state index contributed by atoms with van der Waals surface area (Å²) in [5.74, 6) is 2.54. The molecule has 2 N–H and O–H groups in total. The van der Waals surface area contributed by atoms with E-state index in [2.05, 4.69) is 51.7 Å². The van der Waals surface area contributed by atoms with E-state index in [1.54, 1.807) is 0 Å². The van der Waals surface area contributed by atoms with Crippen molar-refractivity contribution in [3.05, 3.63) is 47.6 Å². The third-order valence-electron chi connectivity index (χ3n) is 3.85. The largest absolute Gasteiger partial charge is 0.376 e. The fourth-order valence-electron chi connectivity index (χ4n) is 2.48. The molecule has 1 aromatic heterocycles. The van der Waals surface area contributed by atoms with Gasteiger partial charge in [-0.1, -0.05) is 42.4 Å². The fraction of sp³-hybridized carbons (Fsp3) is 0.550. The Bertz CT molecular complexity index is 672. The van der Waals surface area contributed by atoms with Crippen molar-refractivity contribution in [3.63, 3.8) is 0 Å². The van der Waals surface area contributed by atoms with Crippen molar-refractivity contribution in [1.82, 2.24) is 20.8 Å². The first-order valence-electron chi connectivity index (χ1n) is 9.60. The minimum absolute atomic E-state index is 0.352. The molecule has 7 heteroatoms. The number of ether oxygens (including phenoxy) is 1. The van der Waals surface area contributed by atoms with E-state index in [0.717, 1.165) is 31.9 Å². The Labute approximate surface area is 161 Å². The first kappa shape index (κ1) is 20.9. The first-order chi connectivity index (χ1) is 13.2. The second-order valence-electron chi connectivity index (χ2n) is 6.59. The van der Waals surface area contributed by atoms with Crippen molar-refractivity contribution in [2.45, 2.75) is 40.2 Å². The van der Waals surface area contributed by atoms with E-state index < -0.39 is 0 Å². The van der Waals surface area contributed by atoms with Crippen molar-refractivity contribution >= 4 is 5.96 Å². The minimum atomic E-state index is 0.352. The summed E-state index contributed by atoms with van der Waals surface area (Å²) in [5, 5.41) is 10.4. The average molecular weight is 374 g/mol. The quantitative estimate of drug-likeness (QED) is 0.358. The molecule has 0 fully saturated rings. The van der Waals surface area contributed by atoms with Crippen molar-refractivity contribution in [1.29, 1.82) is 0 Å². The van der Waals surface area contributed by atoms with Crippen molar-refractivity contribution in [2.75, 3.05) is 26.2 Å². The summed E-state index contributed by atoms with van der Waals surface area (Å²) >= 11 is 0. The number of aliphatic imine (C=N–C) groups is 1. The van der Waals surface area contributed by atoms with Gasteiger partial charge in [-0.25, -0.2) is 0 Å². The lowest BCUT2D eigenvalue weighted by Gasteiger charge is -2.13. The van der Waals surface area contributed by atoms with E-state index in [1.165, 1.54) is 5.56 Å². The Morgan fingerprint density at radius 2 is 2.07 bits per heavy atom. The Hall–Kier alpha value is -2.41. The Morgan fingerprint density at radius 1 is 1.26 bits per heavy atom. The fourth-order valence-corrected chi connectivity index (χ4v) is 2.48. The van der Waals surface area contributed by atoms with Gasteiger partial charge in [0.2, 0.25) is 5.89 Å². The second-order valence-corrected chi connectivity index (χ2v) is 6.59. The molecule has 1 unspecified atom stereocenters. The van der Waals surface area contributed by atoms with E-state index in [4.69, 9.17) is 9.26 Å². The topological polar surface area (TPSA) is 84.6 Å². The first-order valence-corrected chi connectivity index (χ1v) is 9.60. The second kappa shape index (κ2) is 12.1. The van der Waals surface area contributed by atoms with Gasteiger partial charge < -0.3 is 19.9 Å². The molecular formula is C20H31N5O2. The van der Waals surface area contributed by atoms with Crippen LogP contribution in [0, 0.1) is 12.8 Å². The molecule has 0 aliphatic carbocycles. The van der Waals surface area contributed by atoms with Gasteiger partial charge in [0.05, 0.1) is 13.2 Å². The summed E-state index contributed by atoms with van der Waals surface area (Å²) in [5.41, 5.74) is 1.19. The van der Waals surface area contributed by atoms with Gasteiger partial charge in [-0.05, 0) is 31.7 Å². The summed E-state index contributed by atoms with van der Waals surface area (Å²) in [6.45, 7) is 9.70. The SMILES string of the molecule is CCNC(=NCC(C)COCc1ccccc1)NCCCc1nc(C)no1. The molecule has 0 spiro atoms. The predicted molar refractivity (Wildman–Crippen MR) is 107 cm³/mol. The smallest absolute Gasteiger partial charge is 0.226 e. The van der Waals surface area contributed by atoms with E-state index in [-0.39, 0.29) is 0 Å². The van der Waals surface area contributed by atoms with Crippen LogP contribution in [0.25, 0.3) is 0 Å². The standard InChI is InChI=1S/C20H31N5O2/c1-4-21-20(22-12-8-11-19-24-17(3)25-27-19)23-13-16(2)14-26-15-18-9-6-5-7-10-18/h5-7,9-10,16H,4,8,11-15H2,1-3H3,(H2,21,22,23). The molecule has 1 aromatic carbocycles. The summed E-state index contributed by atoms with van der Waals surface area (Å²) < 4.78 is 10.9. The molecule has 2 rings (SSSR count). The molecule has 0 aliphatic rings. The highest BCUT2D eigenvalue weighted by Crippen LogP contribution is 2.04. The van der Waals surface area contributed by atoms with Crippen LogP contribution >= 0.6 is 0 Å². The monoisotopic (exact) mass is 373 g/mol. The lowest BCUT2D eigenvalue weighted by molar-refractivity contribution is 0.0945. The van der Waals surface area contributed by atoms with Crippen molar-refractivity contribution in [2.24, 2.45) is 10.9 Å². The van der Waals surface area contributed by atoms with Crippen LogP contribution in [0.1, 0.15) is 37.5 Å². The molecule has 0 aliphatic heterocycles. The number of nitrogens with one attached hydrogen (secondary N) is 2. The highest BCUT2D eigenvalue weighted by Gasteiger charge is 2.05. The molecule has 7 nitrogen and oxygen atoms in total. The van der Waals surface area contributed by atoms with E-state index in [0.29, 0.717) is 37.4 Å². The zero-order valence-corrected chi connectivity index (χ0v) is 16.6. The Balaban J connectivity index is 1.65. The predicted octanol–water partition coefficient (Wildman–Crippen LogP) is 2.72. The number of hydrogen-bond acceptors (Lipinski definition) is 5. The van der Waals surface area contributed by atoms with Crippen LogP contribution < -0.4 is 10.6 Å². The number of guanidine groups is 1. The lowest BCUT2D eigenvalue weighted by atomic mass is 10.2. The van der Waals surface area contributed by atoms with Crippen molar-refractivity contribution in [3.8, 4) is 0 Å². The van der Waals surface area contributed by atoms with Crippen LogP contribution in [0.15, 0.2) is 39.8 Å². The molecule has 1 heterocycles. The number of nitrogens with zero attached hydrogens (tertiary/aromatic N) is 3. The van der Waals surface area contributed by atoms with Gasteiger partial charge >= 0.3 is 0 Å². The van der Waals surface area contributed by atoms with Gasteiger partial charge in [-0.3, -0.25) is 4.99 Å². The van der Waals surface area contributed by atoms with Crippen LogP contribution in [0.5, 0.6) is 0 Å². The van der Waals surface area contributed by atoms with Gasteiger partial charge in [0.15, 0.2) is 11.8 Å². The van der Waals surface area contributed by atoms with Gasteiger partial charge in [0.1, 0.15) is 0 Å². The Kier molecular flexibility index (Phi) is 9.34. The number of aryl methyl sites for hydroxylation is 2. The summed E-state index contributed by atoms with van der Waals surface area (Å²) in [6.07, 6.45) is 1.67. The van der Waals surface area contributed by atoms with Crippen LogP contribution in [0.3, 0.4) is 0 Å². The van der Waals surface area contributed by atoms with E-state index in [1.807, 2.05) is 25.1 Å². The molecule has 0 radical (unpaired) electrons. The molecule has 2 aromatic rings. The summed E-state index contributed by atoms with van der Waals surface area (Å²) in [6, 6.07) is 10.2. The number of hydrogen-bond donors (Lipinski definition) is 2. The maximum absolute atomic E-state index is 5.79. The van der Waals surface area contributed by atoms with Gasteiger partial charge in [-0.2, -0.15) is 4.98 Å².